The molecule has 2 N–H and O–H groups in total. The predicted molar refractivity (Wildman–Crippen MR) is 190 cm³/mol. The van der Waals surface area contributed by atoms with Crippen LogP contribution >= 0.6 is 31.9 Å². The normalized spacial score (nSPS) is 15.0. The number of hydrogen-bond acceptors (Lipinski definition) is 7. The van der Waals surface area contributed by atoms with Crippen molar-refractivity contribution in [3.05, 3.63) is 79.8 Å². The van der Waals surface area contributed by atoms with Crippen molar-refractivity contribution in [3.8, 4) is 5.75 Å². The molecule has 0 spiro atoms. The molecule has 3 aromatic rings. The smallest absolute Gasteiger partial charge is 0.272 e. The van der Waals surface area contributed by atoms with Gasteiger partial charge in [-0.25, -0.2) is 0 Å². The zero-order valence-corrected chi connectivity index (χ0v) is 30.7. The van der Waals surface area contributed by atoms with Crippen molar-refractivity contribution in [1.29, 1.82) is 0 Å². The summed E-state index contributed by atoms with van der Waals surface area (Å²) in [4.78, 5) is 24.5. The number of aromatic nitrogens is 4. The standard InChI is InChI=1S/C21H24BrN3O2.C14H18BrN3O/c1-21(2,3)24-20(26)18-10-13(12-23-25-18)15-6-5-7-16(15)17-11-14(22)8-9-19(17)27-4;1-14(2,3)17-13(19)12-7-9(8-16-18-12)10-5-4-6-11(10)15/h8-12H,5-7H2,1-4H3,(H,24,26);7-8H,4-6H2,1-3H3,(H,17,19). The molecule has 2 aromatic heterocycles. The number of amides is 2. The van der Waals surface area contributed by atoms with Crippen LogP contribution in [0, 0.1) is 0 Å². The van der Waals surface area contributed by atoms with E-state index >= 15 is 0 Å². The molecule has 244 valence electrons. The van der Waals surface area contributed by atoms with Gasteiger partial charge in [-0.05, 0) is 132 Å². The molecule has 1 aromatic carbocycles. The van der Waals surface area contributed by atoms with Gasteiger partial charge in [-0.2, -0.15) is 10.2 Å². The molecule has 0 saturated heterocycles. The Hall–Kier alpha value is -3.44. The number of nitrogens with zero attached hydrogens (tertiary/aromatic N) is 4. The number of methoxy groups -OCH3 is 1. The second-order valence-corrected chi connectivity index (χ2v) is 15.3. The fourth-order valence-electron chi connectivity index (χ4n) is 5.38. The Balaban J connectivity index is 0.000000222. The molecule has 0 unspecified atom stereocenters. The van der Waals surface area contributed by atoms with Gasteiger partial charge in [0.25, 0.3) is 11.8 Å². The maximum atomic E-state index is 12.5. The van der Waals surface area contributed by atoms with Crippen LogP contribution in [0.25, 0.3) is 16.7 Å². The SMILES string of the molecule is CC(C)(C)NC(=O)c1cc(C2=C(Br)CCC2)cnn1.COc1ccc(Br)cc1C1=C(c2cnnc(C(=O)NC(C)(C)C)c2)CCC1. The van der Waals surface area contributed by atoms with Crippen LogP contribution in [0.5, 0.6) is 5.75 Å². The minimum Gasteiger partial charge on any atom is -0.496 e. The number of carbonyl (C=O) groups is 2. The number of allylic oxidation sites excluding steroid dienone is 4. The van der Waals surface area contributed by atoms with Crippen LogP contribution < -0.4 is 15.4 Å². The van der Waals surface area contributed by atoms with E-state index in [4.69, 9.17) is 4.74 Å². The van der Waals surface area contributed by atoms with E-state index < -0.39 is 0 Å². The largest absolute Gasteiger partial charge is 0.496 e. The van der Waals surface area contributed by atoms with Gasteiger partial charge in [0.1, 0.15) is 5.75 Å². The Morgan fingerprint density at radius 3 is 1.72 bits per heavy atom. The summed E-state index contributed by atoms with van der Waals surface area (Å²) in [7, 11) is 1.69. The topological polar surface area (TPSA) is 119 Å². The van der Waals surface area contributed by atoms with E-state index in [0.717, 1.165) is 65.4 Å². The fraction of sp³-hybridized carbons (Fsp3) is 0.429. The first-order valence-electron chi connectivity index (χ1n) is 15.4. The van der Waals surface area contributed by atoms with Gasteiger partial charge in [-0.1, -0.05) is 31.9 Å². The van der Waals surface area contributed by atoms with E-state index in [1.54, 1.807) is 19.5 Å². The molecule has 2 aliphatic carbocycles. The molecule has 0 aliphatic heterocycles. The lowest BCUT2D eigenvalue weighted by atomic mass is 9.97. The van der Waals surface area contributed by atoms with Gasteiger partial charge in [-0.15, -0.1) is 10.2 Å². The van der Waals surface area contributed by atoms with Crippen molar-refractivity contribution in [1.82, 2.24) is 31.0 Å². The molecule has 46 heavy (non-hydrogen) atoms. The molecule has 0 fully saturated rings. The zero-order valence-electron chi connectivity index (χ0n) is 27.6. The van der Waals surface area contributed by atoms with Crippen molar-refractivity contribution in [2.24, 2.45) is 0 Å². The molecule has 2 heterocycles. The summed E-state index contributed by atoms with van der Waals surface area (Å²) >= 11 is 7.14. The lowest BCUT2D eigenvalue weighted by Crippen LogP contribution is -2.41. The minimum atomic E-state index is -0.323. The van der Waals surface area contributed by atoms with Crippen LogP contribution in [0.4, 0.5) is 0 Å². The van der Waals surface area contributed by atoms with Crippen LogP contribution in [-0.4, -0.2) is 50.4 Å². The highest BCUT2D eigenvalue weighted by Crippen LogP contribution is 2.43. The highest BCUT2D eigenvalue weighted by atomic mass is 79.9. The average molecular weight is 755 g/mol. The van der Waals surface area contributed by atoms with Crippen LogP contribution in [0.2, 0.25) is 0 Å². The van der Waals surface area contributed by atoms with E-state index in [0.29, 0.717) is 11.4 Å². The summed E-state index contributed by atoms with van der Waals surface area (Å²) in [5, 5.41) is 21.8. The number of hydrogen-bond donors (Lipinski definition) is 2. The third-order valence-corrected chi connectivity index (χ3v) is 8.67. The molecule has 2 aliphatic rings. The lowest BCUT2D eigenvalue weighted by Gasteiger charge is -2.20. The Kier molecular flexibility index (Phi) is 11.5. The molecule has 9 nitrogen and oxygen atoms in total. The van der Waals surface area contributed by atoms with Crippen LogP contribution in [-0.2, 0) is 0 Å². The van der Waals surface area contributed by atoms with Gasteiger partial charge >= 0.3 is 0 Å². The molecule has 11 heteroatoms. The van der Waals surface area contributed by atoms with Gasteiger partial charge in [0.15, 0.2) is 11.4 Å². The van der Waals surface area contributed by atoms with Gasteiger partial charge in [-0.3, -0.25) is 9.59 Å². The van der Waals surface area contributed by atoms with E-state index in [9.17, 15) is 9.59 Å². The van der Waals surface area contributed by atoms with Crippen molar-refractivity contribution in [2.75, 3.05) is 7.11 Å². The molecular weight excluding hydrogens is 712 g/mol. The maximum Gasteiger partial charge on any atom is 0.272 e. The fourth-order valence-corrected chi connectivity index (χ4v) is 6.45. The summed E-state index contributed by atoms with van der Waals surface area (Å²) in [6, 6.07) is 9.67. The van der Waals surface area contributed by atoms with E-state index in [1.165, 1.54) is 21.2 Å². The Bertz CT molecular complexity index is 1670. The van der Waals surface area contributed by atoms with E-state index in [-0.39, 0.29) is 22.9 Å². The number of benzene rings is 1. The van der Waals surface area contributed by atoms with Crippen LogP contribution in [0.3, 0.4) is 0 Å². The summed E-state index contributed by atoms with van der Waals surface area (Å²) in [6.07, 6.45) is 9.64. The summed E-state index contributed by atoms with van der Waals surface area (Å²) in [5.41, 5.74) is 6.79. The number of rotatable bonds is 6. The maximum absolute atomic E-state index is 12.5. The van der Waals surface area contributed by atoms with Crippen LogP contribution in [0.15, 0.2) is 51.7 Å². The lowest BCUT2D eigenvalue weighted by molar-refractivity contribution is 0.0904. The second kappa shape index (κ2) is 15.0. The highest BCUT2D eigenvalue weighted by molar-refractivity contribution is 9.11. The van der Waals surface area contributed by atoms with E-state index in [1.807, 2.05) is 65.8 Å². The first-order chi connectivity index (χ1) is 21.6. The van der Waals surface area contributed by atoms with Gasteiger partial charge < -0.3 is 15.4 Å². The summed E-state index contributed by atoms with van der Waals surface area (Å²) in [6.45, 7) is 11.7. The Morgan fingerprint density at radius 1 is 0.717 bits per heavy atom. The molecule has 0 saturated carbocycles. The van der Waals surface area contributed by atoms with E-state index in [2.05, 4.69) is 69.0 Å². The first-order valence-corrected chi connectivity index (χ1v) is 17.0. The van der Waals surface area contributed by atoms with Crippen molar-refractivity contribution < 1.29 is 14.3 Å². The second-order valence-electron chi connectivity index (χ2n) is 13.5. The van der Waals surface area contributed by atoms with Crippen molar-refractivity contribution in [3.63, 3.8) is 0 Å². The molecule has 0 atom stereocenters. The Morgan fingerprint density at radius 2 is 1.22 bits per heavy atom. The third kappa shape index (κ3) is 9.54. The average Bonchev–Trinajstić information content (AvgIpc) is 3.65. The van der Waals surface area contributed by atoms with Crippen LogP contribution in [0.1, 0.15) is 118 Å². The van der Waals surface area contributed by atoms with Crippen molar-refractivity contribution in [2.45, 2.75) is 91.1 Å². The number of ether oxygens (including phenoxy) is 1. The summed E-state index contributed by atoms with van der Waals surface area (Å²) in [5.74, 6) is 0.453. The molecule has 0 bridgehead atoms. The molecule has 5 rings (SSSR count). The monoisotopic (exact) mass is 752 g/mol. The van der Waals surface area contributed by atoms with Gasteiger partial charge in [0.05, 0.1) is 19.5 Å². The highest BCUT2D eigenvalue weighted by Gasteiger charge is 2.23. The molecule has 0 radical (unpaired) electrons. The predicted octanol–water partition coefficient (Wildman–Crippen LogP) is 8.17. The molecular formula is C35H42Br2N6O3. The van der Waals surface area contributed by atoms with Gasteiger partial charge in [0.2, 0.25) is 0 Å². The number of carbonyl (C=O) groups excluding carboxylic acids is 2. The minimum absolute atomic E-state index is 0.184. The van der Waals surface area contributed by atoms with Crippen molar-refractivity contribution >= 4 is 60.4 Å². The first kappa shape index (κ1) is 35.4. The van der Waals surface area contributed by atoms with Gasteiger partial charge in [0, 0.05) is 32.2 Å². The quantitative estimate of drug-likeness (QED) is 0.261. The Labute approximate surface area is 288 Å². The zero-order chi connectivity index (χ0) is 33.6. The molecule has 2 amide bonds. The summed E-state index contributed by atoms with van der Waals surface area (Å²) < 4.78 is 7.79. The number of halogens is 2. The number of nitrogens with one attached hydrogen (secondary N) is 2. The third-order valence-electron chi connectivity index (χ3n) is 7.30.